The SMILES string of the molecule is CCOP(=O)(CCN1CCCC(Nc2ncc3ncnc(Nc4ccc(F)c(Cl)c4)c3n2)C1)OCC. The minimum absolute atomic E-state index is 0.0102. The first-order valence-electron chi connectivity index (χ1n) is 12.0. The Morgan fingerprint density at radius 1 is 1.22 bits per heavy atom. The molecular weight excluding hydrogens is 508 g/mol. The molecule has 3 heterocycles. The normalized spacial score (nSPS) is 16.8. The molecular formula is C23H30ClFN7O3P. The first kappa shape index (κ1) is 26.6. The third kappa shape index (κ3) is 6.86. The molecule has 1 fully saturated rings. The monoisotopic (exact) mass is 537 g/mol. The molecule has 1 aromatic carbocycles. The first-order chi connectivity index (χ1) is 17.4. The molecule has 13 heteroatoms. The van der Waals surface area contributed by atoms with Crippen molar-refractivity contribution in [2.24, 2.45) is 0 Å². The van der Waals surface area contributed by atoms with Crippen LogP contribution in [0.4, 0.5) is 21.8 Å². The van der Waals surface area contributed by atoms with Gasteiger partial charge in [-0.2, -0.15) is 0 Å². The van der Waals surface area contributed by atoms with Gasteiger partial charge < -0.3 is 24.6 Å². The number of piperidine rings is 1. The number of halogens is 2. The van der Waals surface area contributed by atoms with Gasteiger partial charge in [0.25, 0.3) is 0 Å². The van der Waals surface area contributed by atoms with Gasteiger partial charge >= 0.3 is 7.60 Å². The third-order valence-corrected chi connectivity index (χ3v) is 8.08. The molecule has 36 heavy (non-hydrogen) atoms. The quantitative estimate of drug-likeness (QED) is 0.320. The average Bonchev–Trinajstić information content (AvgIpc) is 2.86. The van der Waals surface area contributed by atoms with Crippen LogP contribution in [-0.4, -0.2) is 69.9 Å². The highest BCUT2D eigenvalue weighted by Gasteiger charge is 2.27. The Hall–Kier alpha value is -2.43. The molecule has 0 aliphatic carbocycles. The molecule has 0 amide bonds. The highest BCUT2D eigenvalue weighted by atomic mass is 35.5. The van der Waals surface area contributed by atoms with Gasteiger partial charge in [0.15, 0.2) is 5.82 Å². The zero-order valence-corrected chi connectivity index (χ0v) is 21.9. The summed E-state index contributed by atoms with van der Waals surface area (Å²) in [6, 6.07) is 4.46. The van der Waals surface area contributed by atoms with Gasteiger partial charge in [-0.25, -0.2) is 24.3 Å². The molecule has 0 radical (unpaired) electrons. The van der Waals surface area contributed by atoms with Crippen LogP contribution in [0.5, 0.6) is 0 Å². The summed E-state index contributed by atoms with van der Waals surface area (Å²) in [6.45, 7) is 6.64. The number of fused-ring (bicyclic) bond motifs is 1. The van der Waals surface area contributed by atoms with Crippen molar-refractivity contribution in [3.8, 4) is 0 Å². The molecule has 0 saturated carbocycles. The van der Waals surface area contributed by atoms with Gasteiger partial charge in [-0.15, -0.1) is 0 Å². The van der Waals surface area contributed by atoms with E-state index in [1.165, 1.54) is 18.5 Å². The van der Waals surface area contributed by atoms with Crippen molar-refractivity contribution in [3.05, 3.63) is 41.6 Å². The standard InChI is InChI=1S/C23H30ClFN7O3P/c1-3-34-36(33,35-4-2)11-10-32-9-5-6-17(14-32)30-23-26-13-20-21(31-23)22(28-15-27-20)29-16-7-8-19(25)18(24)12-16/h7-8,12-13,15,17H,3-6,9-11,14H2,1-2H3,(H,26,30,31)(H,27,28,29). The molecule has 2 aromatic heterocycles. The third-order valence-electron chi connectivity index (χ3n) is 5.74. The number of nitrogens with one attached hydrogen (secondary N) is 2. The number of anilines is 3. The number of rotatable bonds is 11. The molecule has 194 valence electrons. The van der Waals surface area contributed by atoms with E-state index in [4.69, 9.17) is 20.6 Å². The molecule has 0 bridgehead atoms. The van der Waals surface area contributed by atoms with E-state index >= 15 is 0 Å². The maximum Gasteiger partial charge on any atom is 0.331 e. The molecule has 1 unspecified atom stereocenters. The summed E-state index contributed by atoms with van der Waals surface area (Å²) in [6.07, 6.45) is 5.34. The van der Waals surface area contributed by atoms with Crippen LogP contribution < -0.4 is 10.6 Å². The zero-order chi connectivity index (χ0) is 25.5. The Kier molecular flexibility index (Phi) is 9.03. The maximum absolute atomic E-state index is 13.5. The second-order valence-electron chi connectivity index (χ2n) is 8.36. The van der Waals surface area contributed by atoms with Crippen LogP contribution in [0.3, 0.4) is 0 Å². The number of aromatic nitrogens is 4. The Morgan fingerprint density at radius 2 is 2.03 bits per heavy atom. The lowest BCUT2D eigenvalue weighted by molar-refractivity contribution is 0.199. The second kappa shape index (κ2) is 12.2. The Labute approximate surface area is 214 Å². The van der Waals surface area contributed by atoms with Gasteiger partial charge in [-0.1, -0.05) is 11.6 Å². The van der Waals surface area contributed by atoms with Crippen molar-refractivity contribution in [2.45, 2.75) is 32.7 Å². The van der Waals surface area contributed by atoms with Crippen LogP contribution in [0.25, 0.3) is 11.0 Å². The smallest absolute Gasteiger partial charge is 0.331 e. The largest absolute Gasteiger partial charge is 0.350 e. The first-order valence-corrected chi connectivity index (χ1v) is 14.1. The lowest BCUT2D eigenvalue weighted by Crippen LogP contribution is -2.43. The number of nitrogens with zero attached hydrogens (tertiary/aromatic N) is 5. The summed E-state index contributed by atoms with van der Waals surface area (Å²) in [5, 5.41) is 6.54. The van der Waals surface area contributed by atoms with E-state index < -0.39 is 13.4 Å². The number of hydrogen-bond donors (Lipinski definition) is 2. The van der Waals surface area contributed by atoms with Gasteiger partial charge in [-0.3, -0.25) is 4.57 Å². The van der Waals surface area contributed by atoms with Crippen molar-refractivity contribution in [2.75, 3.05) is 49.6 Å². The fraction of sp³-hybridized carbons (Fsp3) is 0.478. The maximum atomic E-state index is 13.5. The Bertz CT molecular complexity index is 1230. The molecule has 10 nitrogen and oxygen atoms in total. The molecule has 4 rings (SSSR count). The van der Waals surface area contributed by atoms with E-state index in [9.17, 15) is 8.96 Å². The molecule has 1 aliphatic rings. The topological polar surface area (TPSA) is 114 Å². The summed E-state index contributed by atoms with van der Waals surface area (Å²) in [5.74, 6) is 0.420. The molecule has 0 spiro atoms. The van der Waals surface area contributed by atoms with Crippen molar-refractivity contribution >= 4 is 47.7 Å². The van der Waals surface area contributed by atoms with E-state index in [1.54, 1.807) is 12.3 Å². The van der Waals surface area contributed by atoms with E-state index in [0.29, 0.717) is 54.4 Å². The van der Waals surface area contributed by atoms with Gasteiger partial charge in [0, 0.05) is 24.8 Å². The second-order valence-corrected chi connectivity index (χ2v) is 11.0. The minimum atomic E-state index is -3.08. The summed E-state index contributed by atoms with van der Waals surface area (Å²) in [7, 11) is -3.08. The molecule has 3 aromatic rings. The lowest BCUT2D eigenvalue weighted by atomic mass is 10.1. The zero-order valence-electron chi connectivity index (χ0n) is 20.3. The summed E-state index contributed by atoms with van der Waals surface area (Å²) < 4.78 is 37.2. The predicted octanol–water partition coefficient (Wildman–Crippen LogP) is 5.10. The average molecular weight is 538 g/mol. The van der Waals surface area contributed by atoms with Crippen LogP contribution in [0.15, 0.2) is 30.7 Å². The van der Waals surface area contributed by atoms with E-state index in [1.807, 2.05) is 13.8 Å². The molecule has 1 aliphatic heterocycles. The van der Waals surface area contributed by atoms with E-state index in [0.717, 1.165) is 25.9 Å². The van der Waals surface area contributed by atoms with Gasteiger partial charge in [0.05, 0.1) is 30.6 Å². The Morgan fingerprint density at radius 3 is 2.78 bits per heavy atom. The Balaban J connectivity index is 1.43. The summed E-state index contributed by atoms with van der Waals surface area (Å²) >= 11 is 5.91. The van der Waals surface area contributed by atoms with E-state index in [2.05, 4.69) is 35.5 Å². The number of benzene rings is 1. The lowest BCUT2D eigenvalue weighted by Gasteiger charge is -2.33. The van der Waals surface area contributed by atoms with Gasteiger partial charge in [-0.05, 0) is 51.4 Å². The van der Waals surface area contributed by atoms with Gasteiger partial charge in [0.2, 0.25) is 5.95 Å². The van der Waals surface area contributed by atoms with Crippen molar-refractivity contribution in [3.63, 3.8) is 0 Å². The van der Waals surface area contributed by atoms with Crippen LogP contribution in [0.1, 0.15) is 26.7 Å². The molecule has 2 N–H and O–H groups in total. The highest BCUT2D eigenvalue weighted by Crippen LogP contribution is 2.47. The number of likely N-dealkylation sites (tertiary alicyclic amines) is 1. The molecule has 1 atom stereocenters. The van der Waals surface area contributed by atoms with Crippen molar-refractivity contribution in [1.29, 1.82) is 0 Å². The summed E-state index contributed by atoms with van der Waals surface area (Å²) in [5.41, 5.74) is 1.67. The minimum Gasteiger partial charge on any atom is -0.350 e. The van der Waals surface area contributed by atoms with Gasteiger partial charge in [0.1, 0.15) is 23.2 Å². The summed E-state index contributed by atoms with van der Waals surface area (Å²) in [4.78, 5) is 19.9. The fourth-order valence-corrected chi connectivity index (χ4v) is 5.94. The van der Waals surface area contributed by atoms with Crippen molar-refractivity contribution < 1.29 is 18.0 Å². The van der Waals surface area contributed by atoms with Crippen LogP contribution >= 0.6 is 19.2 Å². The number of hydrogen-bond acceptors (Lipinski definition) is 10. The fourth-order valence-electron chi connectivity index (χ4n) is 4.11. The van der Waals surface area contributed by atoms with Crippen molar-refractivity contribution in [1.82, 2.24) is 24.8 Å². The van der Waals surface area contributed by atoms with E-state index in [-0.39, 0.29) is 11.1 Å². The van der Waals surface area contributed by atoms with Crippen LogP contribution in [-0.2, 0) is 13.6 Å². The van der Waals surface area contributed by atoms with Crippen LogP contribution in [0.2, 0.25) is 5.02 Å². The van der Waals surface area contributed by atoms with Crippen LogP contribution in [0, 0.1) is 5.82 Å². The predicted molar refractivity (Wildman–Crippen MR) is 139 cm³/mol. The molecule has 1 saturated heterocycles. The highest BCUT2D eigenvalue weighted by molar-refractivity contribution is 7.53.